The molecule has 28 heavy (non-hydrogen) atoms. The maximum Gasteiger partial charge on any atom is 0.258 e. The van der Waals surface area contributed by atoms with Gasteiger partial charge in [-0.15, -0.1) is 5.10 Å². The molecular weight excluding hydrogens is 420 g/mol. The number of carbonyl (C=O) groups excluding carboxylic acids is 1. The second-order valence-electron chi connectivity index (χ2n) is 5.99. The molecule has 0 unspecified atom stereocenters. The van der Waals surface area contributed by atoms with E-state index >= 15 is 0 Å². The summed E-state index contributed by atoms with van der Waals surface area (Å²) >= 11 is 3.44. The standard InChI is InChI=1S/C20H15BrN6O/c21-16-7-9-18(10-8-16)26(13-17-5-1-2-11-22-17)20(28)15-4-3-6-19(12-15)27-14-23-24-25-27/h1-12,14H,13H2. The molecule has 0 aliphatic heterocycles. The topological polar surface area (TPSA) is 76.8 Å². The van der Waals surface area contributed by atoms with E-state index in [1.54, 1.807) is 23.2 Å². The normalized spacial score (nSPS) is 10.6. The first-order valence-electron chi connectivity index (χ1n) is 8.51. The lowest BCUT2D eigenvalue weighted by atomic mass is 10.1. The smallest absolute Gasteiger partial charge is 0.258 e. The van der Waals surface area contributed by atoms with Crippen LogP contribution in [0.1, 0.15) is 16.1 Å². The van der Waals surface area contributed by atoms with Crippen LogP contribution < -0.4 is 4.90 Å². The van der Waals surface area contributed by atoms with Gasteiger partial charge in [-0.1, -0.05) is 28.1 Å². The number of halogens is 1. The van der Waals surface area contributed by atoms with E-state index in [0.717, 1.165) is 15.9 Å². The van der Waals surface area contributed by atoms with Crippen LogP contribution in [0.25, 0.3) is 5.69 Å². The lowest BCUT2D eigenvalue weighted by Crippen LogP contribution is -2.30. The Morgan fingerprint density at radius 1 is 1.04 bits per heavy atom. The number of anilines is 1. The molecule has 0 aliphatic carbocycles. The van der Waals surface area contributed by atoms with Gasteiger partial charge >= 0.3 is 0 Å². The van der Waals surface area contributed by atoms with E-state index in [0.29, 0.717) is 17.8 Å². The monoisotopic (exact) mass is 434 g/mol. The first-order valence-corrected chi connectivity index (χ1v) is 9.31. The molecule has 2 aromatic carbocycles. The predicted molar refractivity (Wildman–Crippen MR) is 108 cm³/mol. The first kappa shape index (κ1) is 18.0. The van der Waals surface area contributed by atoms with E-state index in [1.165, 1.54) is 11.0 Å². The Balaban J connectivity index is 1.70. The van der Waals surface area contributed by atoms with Crippen molar-refractivity contribution in [1.29, 1.82) is 0 Å². The van der Waals surface area contributed by atoms with Crippen molar-refractivity contribution in [3.8, 4) is 5.69 Å². The highest BCUT2D eigenvalue weighted by molar-refractivity contribution is 9.10. The Kier molecular flexibility index (Phi) is 5.20. The highest BCUT2D eigenvalue weighted by Gasteiger charge is 2.19. The van der Waals surface area contributed by atoms with E-state index in [1.807, 2.05) is 54.6 Å². The molecule has 0 atom stereocenters. The minimum atomic E-state index is -0.136. The van der Waals surface area contributed by atoms with Crippen LogP contribution in [0.5, 0.6) is 0 Å². The van der Waals surface area contributed by atoms with Crippen LogP contribution in [0, 0.1) is 0 Å². The molecule has 2 aromatic heterocycles. The summed E-state index contributed by atoms with van der Waals surface area (Å²) in [5.41, 5.74) is 2.83. The fourth-order valence-corrected chi connectivity index (χ4v) is 3.04. The Morgan fingerprint density at radius 3 is 2.61 bits per heavy atom. The molecule has 2 heterocycles. The van der Waals surface area contributed by atoms with Crippen molar-refractivity contribution in [2.75, 3.05) is 4.90 Å². The number of hydrogen-bond acceptors (Lipinski definition) is 5. The number of benzene rings is 2. The molecule has 0 spiro atoms. The summed E-state index contributed by atoms with van der Waals surface area (Å²) in [5.74, 6) is -0.136. The molecule has 1 amide bonds. The number of hydrogen-bond donors (Lipinski definition) is 0. The van der Waals surface area contributed by atoms with Gasteiger partial charge in [-0.2, -0.15) is 0 Å². The van der Waals surface area contributed by atoms with Crippen LogP contribution >= 0.6 is 15.9 Å². The highest BCUT2D eigenvalue weighted by Crippen LogP contribution is 2.23. The number of nitrogens with zero attached hydrogens (tertiary/aromatic N) is 6. The van der Waals surface area contributed by atoms with Gasteiger partial charge in [-0.3, -0.25) is 9.78 Å². The number of pyridine rings is 1. The zero-order valence-corrected chi connectivity index (χ0v) is 16.3. The minimum absolute atomic E-state index is 0.136. The van der Waals surface area contributed by atoms with E-state index in [-0.39, 0.29) is 5.91 Å². The van der Waals surface area contributed by atoms with Gasteiger partial charge in [0.1, 0.15) is 6.33 Å². The Hall–Kier alpha value is -3.39. The summed E-state index contributed by atoms with van der Waals surface area (Å²) < 4.78 is 2.46. The summed E-state index contributed by atoms with van der Waals surface area (Å²) in [4.78, 5) is 19.4. The second kappa shape index (κ2) is 8.10. The Morgan fingerprint density at radius 2 is 1.89 bits per heavy atom. The van der Waals surface area contributed by atoms with E-state index < -0.39 is 0 Å². The van der Waals surface area contributed by atoms with E-state index in [9.17, 15) is 4.79 Å². The van der Waals surface area contributed by atoms with Gasteiger partial charge in [0.25, 0.3) is 5.91 Å². The summed E-state index contributed by atoms with van der Waals surface area (Å²) in [6, 6.07) is 20.5. The maximum atomic E-state index is 13.4. The molecule has 0 N–H and O–H groups in total. The van der Waals surface area contributed by atoms with Crippen molar-refractivity contribution in [1.82, 2.24) is 25.2 Å². The Labute approximate surface area is 169 Å². The van der Waals surface area contributed by atoms with Gasteiger partial charge in [0.05, 0.1) is 17.9 Å². The molecule has 0 radical (unpaired) electrons. The van der Waals surface area contributed by atoms with Crippen LogP contribution in [0.4, 0.5) is 5.69 Å². The maximum absolute atomic E-state index is 13.4. The number of tetrazole rings is 1. The average molecular weight is 435 g/mol. The van der Waals surface area contributed by atoms with Gasteiger partial charge in [-0.05, 0) is 65.0 Å². The van der Waals surface area contributed by atoms with Gasteiger partial charge in [-0.25, -0.2) is 4.68 Å². The van der Waals surface area contributed by atoms with Crippen LogP contribution in [0.3, 0.4) is 0 Å². The van der Waals surface area contributed by atoms with Gasteiger partial charge in [0.2, 0.25) is 0 Å². The molecule has 0 bridgehead atoms. The van der Waals surface area contributed by atoms with Crippen molar-refractivity contribution in [2.45, 2.75) is 6.54 Å². The predicted octanol–water partition coefficient (Wildman–Crippen LogP) is 3.67. The number of rotatable bonds is 5. The lowest BCUT2D eigenvalue weighted by molar-refractivity contribution is 0.0985. The minimum Gasteiger partial charge on any atom is -0.302 e. The third-order valence-electron chi connectivity index (χ3n) is 4.14. The Bertz CT molecular complexity index is 1070. The quantitative estimate of drug-likeness (QED) is 0.478. The first-order chi connectivity index (χ1) is 13.7. The fourth-order valence-electron chi connectivity index (χ4n) is 2.77. The molecule has 0 fully saturated rings. The molecule has 0 saturated carbocycles. The summed E-state index contributed by atoms with van der Waals surface area (Å²) in [5, 5.41) is 11.2. The summed E-state index contributed by atoms with van der Waals surface area (Å²) in [7, 11) is 0. The lowest BCUT2D eigenvalue weighted by Gasteiger charge is -2.23. The van der Waals surface area contributed by atoms with Crippen molar-refractivity contribution in [2.24, 2.45) is 0 Å². The number of amides is 1. The van der Waals surface area contributed by atoms with Gasteiger partial charge < -0.3 is 4.90 Å². The summed E-state index contributed by atoms with van der Waals surface area (Å²) in [6.45, 7) is 0.358. The zero-order chi connectivity index (χ0) is 19.3. The van der Waals surface area contributed by atoms with Crippen molar-refractivity contribution < 1.29 is 4.79 Å². The van der Waals surface area contributed by atoms with Crippen molar-refractivity contribution >= 4 is 27.5 Å². The molecule has 7 nitrogen and oxygen atoms in total. The third kappa shape index (κ3) is 3.96. The number of aromatic nitrogens is 5. The zero-order valence-electron chi connectivity index (χ0n) is 14.7. The number of carbonyl (C=O) groups is 1. The third-order valence-corrected chi connectivity index (χ3v) is 4.67. The molecule has 4 aromatic rings. The van der Waals surface area contributed by atoms with E-state index in [2.05, 4.69) is 36.4 Å². The van der Waals surface area contributed by atoms with Gasteiger partial charge in [0.15, 0.2) is 0 Å². The SMILES string of the molecule is O=C(c1cccc(-n2cnnn2)c1)N(Cc1ccccn1)c1ccc(Br)cc1. The molecule has 138 valence electrons. The molecule has 0 aliphatic rings. The van der Waals surface area contributed by atoms with Gasteiger partial charge in [0, 0.05) is 21.9 Å². The molecule has 8 heteroatoms. The molecule has 0 saturated heterocycles. The fraction of sp³-hybridized carbons (Fsp3) is 0.0500. The van der Waals surface area contributed by atoms with Crippen molar-refractivity contribution in [3.63, 3.8) is 0 Å². The van der Waals surface area contributed by atoms with Crippen LogP contribution in [-0.4, -0.2) is 31.1 Å². The molecular formula is C20H15BrN6O. The van der Waals surface area contributed by atoms with Crippen molar-refractivity contribution in [3.05, 3.63) is 95.0 Å². The van der Waals surface area contributed by atoms with Crippen LogP contribution in [-0.2, 0) is 6.54 Å². The highest BCUT2D eigenvalue weighted by atomic mass is 79.9. The van der Waals surface area contributed by atoms with Crippen LogP contribution in [0.2, 0.25) is 0 Å². The summed E-state index contributed by atoms with van der Waals surface area (Å²) in [6.07, 6.45) is 3.21. The van der Waals surface area contributed by atoms with E-state index in [4.69, 9.17) is 0 Å². The average Bonchev–Trinajstić information content (AvgIpc) is 3.28. The second-order valence-corrected chi connectivity index (χ2v) is 6.91. The van der Waals surface area contributed by atoms with Crippen LogP contribution in [0.15, 0.2) is 83.7 Å². The molecule has 4 rings (SSSR count). The largest absolute Gasteiger partial charge is 0.302 e.